The Bertz CT molecular complexity index is 922. The van der Waals surface area contributed by atoms with Crippen molar-refractivity contribution < 1.29 is 9.53 Å². The van der Waals surface area contributed by atoms with Gasteiger partial charge < -0.3 is 15.4 Å². The van der Waals surface area contributed by atoms with Crippen molar-refractivity contribution >= 4 is 29.1 Å². The van der Waals surface area contributed by atoms with E-state index in [9.17, 15) is 4.79 Å². The maximum atomic E-state index is 11.9. The minimum atomic E-state index is -0.439. The summed E-state index contributed by atoms with van der Waals surface area (Å²) in [5, 5.41) is 14.2. The zero-order chi connectivity index (χ0) is 18.5. The summed E-state index contributed by atoms with van der Waals surface area (Å²) < 4.78 is 4.79. The molecule has 0 radical (unpaired) electrons. The van der Waals surface area contributed by atoms with Crippen LogP contribution < -0.4 is 10.6 Å². The van der Waals surface area contributed by atoms with Crippen molar-refractivity contribution in [3.8, 4) is 0 Å². The van der Waals surface area contributed by atoms with Gasteiger partial charge in [0.2, 0.25) is 5.95 Å². The predicted molar refractivity (Wildman–Crippen MR) is 100 cm³/mol. The van der Waals surface area contributed by atoms with Crippen LogP contribution in [0.4, 0.5) is 23.1 Å². The maximum Gasteiger partial charge on any atom is 0.339 e. The number of para-hydroxylation sites is 1. The quantitative estimate of drug-likeness (QED) is 0.678. The first-order valence-electron chi connectivity index (χ1n) is 8.04. The number of nitrogens with zero attached hydrogens (tertiary/aromatic N) is 3. The molecule has 0 saturated heterocycles. The van der Waals surface area contributed by atoms with Crippen LogP contribution in [-0.4, -0.2) is 28.3 Å². The lowest BCUT2D eigenvalue weighted by molar-refractivity contribution is 0.0602. The Morgan fingerprint density at radius 3 is 2.50 bits per heavy atom. The van der Waals surface area contributed by atoms with Gasteiger partial charge in [0.15, 0.2) is 5.82 Å². The molecule has 0 amide bonds. The van der Waals surface area contributed by atoms with Crippen molar-refractivity contribution in [1.29, 1.82) is 0 Å². The van der Waals surface area contributed by atoms with Gasteiger partial charge in [-0.15, -0.1) is 5.10 Å². The molecule has 0 fully saturated rings. The van der Waals surface area contributed by atoms with Gasteiger partial charge in [-0.1, -0.05) is 18.2 Å². The van der Waals surface area contributed by atoms with Crippen LogP contribution in [0.1, 0.15) is 21.5 Å². The number of carbonyl (C=O) groups is 1. The van der Waals surface area contributed by atoms with Crippen molar-refractivity contribution in [2.45, 2.75) is 13.8 Å². The van der Waals surface area contributed by atoms with E-state index >= 15 is 0 Å². The molecule has 0 saturated carbocycles. The van der Waals surface area contributed by atoms with Gasteiger partial charge in [0, 0.05) is 5.69 Å². The van der Waals surface area contributed by atoms with Crippen LogP contribution in [0.5, 0.6) is 0 Å². The number of carbonyl (C=O) groups excluding carboxylic acids is 1. The SMILES string of the molecule is COC(=O)c1ccccc1Nc1nncc(Nc2cc(C)cc(C)c2)n1. The maximum absolute atomic E-state index is 11.9. The van der Waals surface area contributed by atoms with Gasteiger partial charge in [-0.05, 0) is 49.2 Å². The second-order valence-corrected chi connectivity index (χ2v) is 5.83. The fourth-order valence-corrected chi connectivity index (χ4v) is 2.61. The van der Waals surface area contributed by atoms with Crippen molar-refractivity contribution in [2.24, 2.45) is 0 Å². The van der Waals surface area contributed by atoms with Gasteiger partial charge in [-0.25, -0.2) is 4.79 Å². The highest BCUT2D eigenvalue weighted by atomic mass is 16.5. The molecule has 0 atom stereocenters. The first-order chi connectivity index (χ1) is 12.5. The number of aromatic nitrogens is 3. The number of anilines is 4. The minimum Gasteiger partial charge on any atom is -0.465 e. The largest absolute Gasteiger partial charge is 0.465 e. The number of ether oxygens (including phenoxy) is 1. The molecule has 2 aromatic carbocycles. The lowest BCUT2D eigenvalue weighted by Crippen LogP contribution is -2.08. The number of hydrogen-bond acceptors (Lipinski definition) is 7. The number of hydrogen-bond donors (Lipinski definition) is 2. The predicted octanol–water partition coefficient (Wildman–Crippen LogP) is 3.76. The van der Waals surface area contributed by atoms with E-state index in [-0.39, 0.29) is 5.95 Å². The molecule has 0 aliphatic carbocycles. The van der Waals surface area contributed by atoms with Gasteiger partial charge in [-0.2, -0.15) is 10.1 Å². The summed E-state index contributed by atoms with van der Waals surface area (Å²) in [6, 6.07) is 13.1. The topological polar surface area (TPSA) is 89.0 Å². The molecule has 132 valence electrons. The summed E-state index contributed by atoms with van der Waals surface area (Å²) in [6.45, 7) is 4.07. The molecule has 26 heavy (non-hydrogen) atoms. The van der Waals surface area contributed by atoms with E-state index in [4.69, 9.17) is 4.74 Å². The van der Waals surface area contributed by atoms with Gasteiger partial charge in [-0.3, -0.25) is 0 Å². The monoisotopic (exact) mass is 349 g/mol. The first kappa shape index (κ1) is 17.3. The van der Waals surface area contributed by atoms with Gasteiger partial charge in [0.25, 0.3) is 0 Å². The second-order valence-electron chi connectivity index (χ2n) is 5.83. The van der Waals surface area contributed by atoms with Crippen LogP contribution >= 0.6 is 0 Å². The summed E-state index contributed by atoms with van der Waals surface area (Å²) in [6.07, 6.45) is 1.54. The van der Waals surface area contributed by atoms with Crippen molar-refractivity contribution in [3.05, 3.63) is 65.4 Å². The minimum absolute atomic E-state index is 0.274. The molecule has 0 aliphatic heterocycles. The van der Waals surface area contributed by atoms with Crippen molar-refractivity contribution in [3.63, 3.8) is 0 Å². The molecule has 1 heterocycles. The highest BCUT2D eigenvalue weighted by molar-refractivity contribution is 5.96. The van der Waals surface area contributed by atoms with Crippen molar-refractivity contribution in [2.75, 3.05) is 17.7 Å². The van der Waals surface area contributed by atoms with E-state index in [1.807, 2.05) is 26.0 Å². The third kappa shape index (κ3) is 4.13. The molecule has 0 aliphatic rings. The Kier molecular flexibility index (Phi) is 5.07. The molecular formula is C19H19N5O2. The summed E-state index contributed by atoms with van der Waals surface area (Å²) in [4.78, 5) is 16.3. The molecule has 3 rings (SSSR count). The average Bonchev–Trinajstić information content (AvgIpc) is 2.61. The first-order valence-corrected chi connectivity index (χ1v) is 8.04. The van der Waals surface area contributed by atoms with Crippen molar-refractivity contribution in [1.82, 2.24) is 15.2 Å². The Balaban J connectivity index is 1.83. The Morgan fingerprint density at radius 2 is 1.77 bits per heavy atom. The summed E-state index contributed by atoms with van der Waals surface area (Å²) in [5.41, 5.74) is 4.17. The Labute approximate surface area is 151 Å². The van der Waals surface area contributed by atoms with Crippen LogP contribution in [0, 0.1) is 13.8 Å². The van der Waals surface area contributed by atoms with Gasteiger partial charge in [0.1, 0.15) is 0 Å². The van der Waals surface area contributed by atoms with Crippen LogP contribution in [0.25, 0.3) is 0 Å². The van der Waals surface area contributed by atoms with E-state index in [1.165, 1.54) is 13.3 Å². The zero-order valence-electron chi connectivity index (χ0n) is 14.8. The van der Waals surface area contributed by atoms with Crippen LogP contribution in [0.15, 0.2) is 48.7 Å². The number of rotatable bonds is 5. The van der Waals surface area contributed by atoms with E-state index < -0.39 is 5.97 Å². The van der Waals surface area contributed by atoms with E-state index in [1.54, 1.807) is 24.3 Å². The average molecular weight is 349 g/mol. The van der Waals surface area contributed by atoms with Gasteiger partial charge >= 0.3 is 5.97 Å². The smallest absolute Gasteiger partial charge is 0.339 e. The fourth-order valence-electron chi connectivity index (χ4n) is 2.61. The van der Waals surface area contributed by atoms with E-state index in [0.29, 0.717) is 17.1 Å². The summed E-state index contributed by atoms with van der Waals surface area (Å²) >= 11 is 0. The number of esters is 1. The molecule has 0 unspecified atom stereocenters. The fraction of sp³-hybridized carbons (Fsp3) is 0.158. The second kappa shape index (κ2) is 7.60. The molecule has 1 aromatic heterocycles. The van der Waals surface area contributed by atoms with E-state index in [2.05, 4.69) is 31.9 Å². The highest BCUT2D eigenvalue weighted by Crippen LogP contribution is 2.21. The van der Waals surface area contributed by atoms with Crippen LogP contribution in [0.3, 0.4) is 0 Å². The summed E-state index contributed by atoms with van der Waals surface area (Å²) in [5.74, 6) is 0.379. The molecule has 7 heteroatoms. The number of benzene rings is 2. The third-order valence-electron chi connectivity index (χ3n) is 3.63. The highest BCUT2D eigenvalue weighted by Gasteiger charge is 2.12. The third-order valence-corrected chi connectivity index (χ3v) is 3.63. The Hall–Kier alpha value is -3.48. The van der Waals surface area contributed by atoms with Crippen LogP contribution in [-0.2, 0) is 4.74 Å². The number of methoxy groups -OCH3 is 1. The molecular weight excluding hydrogens is 330 g/mol. The Morgan fingerprint density at radius 1 is 1.04 bits per heavy atom. The molecule has 3 aromatic rings. The van der Waals surface area contributed by atoms with Gasteiger partial charge in [0.05, 0.1) is 24.6 Å². The zero-order valence-corrected chi connectivity index (χ0v) is 14.8. The molecule has 0 bridgehead atoms. The lowest BCUT2D eigenvalue weighted by atomic mass is 10.1. The standard InChI is InChI=1S/C19H19N5O2/c1-12-8-13(2)10-14(9-12)21-17-11-20-24-19(23-17)22-16-7-5-4-6-15(16)18(25)26-3/h4-11H,1-3H3,(H2,21,22,23,24). The number of aryl methyl sites for hydroxylation is 2. The molecule has 0 spiro atoms. The number of nitrogens with one attached hydrogen (secondary N) is 2. The normalized spacial score (nSPS) is 10.3. The summed E-state index contributed by atoms with van der Waals surface area (Å²) in [7, 11) is 1.34. The lowest BCUT2D eigenvalue weighted by Gasteiger charge is -2.11. The van der Waals surface area contributed by atoms with E-state index in [0.717, 1.165) is 16.8 Å². The molecule has 2 N–H and O–H groups in total. The molecule has 7 nitrogen and oxygen atoms in total. The van der Waals surface area contributed by atoms with Crippen LogP contribution in [0.2, 0.25) is 0 Å².